The first-order valence-electron chi connectivity index (χ1n) is 10.8. The monoisotopic (exact) mass is 460 g/mol. The Bertz CT molecular complexity index is 1490. The Hall–Kier alpha value is -4.34. The molecule has 0 atom stereocenters. The molecule has 0 aliphatic rings. The van der Waals surface area contributed by atoms with Crippen molar-refractivity contribution in [2.75, 3.05) is 5.32 Å². The lowest BCUT2D eigenvalue weighted by atomic mass is 10.0. The van der Waals surface area contributed by atoms with E-state index < -0.39 is 17.2 Å². The number of hydrogen-bond acceptors (Lipinski definition) is 7. The summed E-state index contributed by atoms with van der Waals surface area (Å²) in [6.07, 6.45) is 3.15. The van der Waals surface area contributed by atoms with Crippen LogP contribution in [0.4, 0.5) is 5.69 Å². The minimum atomic E-state index is -0.652. The van der Waals surface area contributed by atoms with Crippen LogP contribution in [0.25, 0.3) is 11.0 Å². The molecule has 0 unspecified atom stereocenters. The molecule has 0 radical (unpaired) electrons. The Balaban J connectivity index is 1.73. The zero-order chi connectivity index (χ0) is 24.4. The van der Waals surface area contributed by atoms with E-state index in [0.717, 1.165) is 5.56 Å². The Morgan fingerprint density at radius 1 is 1.18 bits per heavy atom. The van der Waals surface area contributed by atoms with Crippen LogP contribution in [0.3, 0.4) is 0 Å². The summed E-state index contributed by atoms with van der Waals surface area (Å²) < 4.78 is 6.98. The van der Waals surface area contributed by atoms with Crippen molar-refractivity contribution in [3.8, 4) is 11.8 Å². The highest BCUT2D eigenvalue weighted by Crippen LogP contribution is 2.26. The van der Waals surface area contributed by atoms with Gasteiger partial charge in [0.1, 0.15) is 5.75 Å². The van der Waals surface area contributed by atoms with E-state index in [-0.39, 0.29) is 28.5 Å². The third-order valence-corrected chi connectivity index (χ3v) is 5.32. The minimum Gasteiger partial charge on any atom is -0.424 e. The van der Waals surface area contributed by atoms with E-state index >= 15 is 0 Å². The van der Waals surface area contributed by atoms with Gasteiger partial charge in [0.05, 0.1) is 10.9 Å². The average molecular weight is 460 g/mol. The van der Waals surface area contributed by atoms with Gasteiger partial charge >= 0.3 is 11.7 Å². The van der Waals surface area contributed by atoms with E-state index in [0.29, 0.717) is 23.7 Å². The lowest BCUT2D eigenvalue weighted by molar-refractivity contribution is 0.102. The van der Waals surface area contributed by atoms with Crippen molar-refractivity contribution in [3.63, 3.8) is 0 Å². The molecule has 10 nitrogen and oxygen atoms in total. The highest BCUT2D eigenvalue weighted by Gasteiger charge is 2.21. The van der Waals surface area contributed by atoms with E-state index in [1.165, 1.54) is 4.57 Å². The molecule has 0 saturated carbocycles. The van der Waals surface area contributed by atoms with Gasteiger partial charge in [-0.15, -0.1) is 0 Å². The zero-order valence-corrected chi connectivity index (χ0v) is 19.2. The van der Waals surface area contributed by atoms with Gasteiger partial charge in [-0.05, 0) is 55.7 Å². The maximum absolute atomic E-state index is 13.3. The van der Waals surface area contributed by atoms with Crippen molar-refractivity contribution in [3.05, 3.63) is 80.4 Å². The fraction of sp³-hybridized carbons (Fsp3) is 0.250. The highest BCUT2D eigenvalue weighted by molar-refractivity contribution is 6.12. The summed E-state index contributed by atoms with van der Waals surface area (Å²) >= 11 is 0. The molecule has 2 N–H and O–H groups in total. The lowest BCUT2D eigenvalue weighted by Crippen LogP contribution is -2.32. The molecule has 10 heteroatoms. The number of amides is 1. The summed E-state index contributed by atoms with van der Waals surface area (Å²) in [4.78, 5) is 53.2. The van der Waals surface area contributed by atoms with Crippen LogP contribution in [-0.2, 0) is 6.54 Å². The number of H-pyrrole nitrogens is 1. The molecule has 0 aliphatic carbocycles. The standard InChI is InChI=1S/C24H24N6O4/c1-5-30-20-19(22(32)29-24(30)33)16(12-18(27-20)13(2)3)21(31)28-17-8-7-15(11-14(17)4)34-23-25-9-6-10-26-23/h6-13H,5H2,1-4H3,(H,28,31)(H,29,32,33). The van der Waals surface area contributed by atoms with Crippen LogP contribution in [0.1, 0.15) is 48.3 Å². The largest absolute Gasteiger partial charge is 0.424 e. The molecule has 1 amide bonds. The van der Waals surface area contributed by atoms with Crippen molar-refractivity contribution < 1.29 is 9.53 Å². The van der Waals surface area contributed by atoms with Gasteiger partial charge in [-0.25, -0.2) is 19.7 Å². The molecule has 174 valence electrons. The predicted molar refractivity (Wildman–Crippen MR) is 128 cm³/mol. The second-order valence-electron chi connectivity index (χ2n) is 8.02. The summed E-state index contributed by atoms with van der Waals surface area (Å²) in [5.41, 5.74) is 1.01. The normalized spacial score (nSPS) is 11.1. The van der Waals surface area contributed by atoms with Crippen LogP contribution < -0.4 is 21.3 Å². The molecule has 34 heavy (non-hydrogen) atoms. The number of carbonyl (C=O) groups is 1. The molecule has 3 aromatic heterocycles. The number of nitrogens with one attached hydrogen (secondary N) is 2. The number of nitrogens with zero attached hydrogens (tertiary/aromatic N) is 4. The van der Waals surface area contributed by atoms with Crippen molar-refractivity contribution >= 4 is 22.6 Å². The van der Waals surface area contributed by atoms with Gasteiger partial charge in [-0.1, -0.05) is 13.8 Å². The van der Waals surface area contributed by atoms with Crippen molar-refractivity contribution in [2.24, 2.45) is 0 Å². The van der Waals surface area contributed by atoms with Crippen LogP contribution in [0, 0.1) is 6.92 Å². The molecular weight excluding hydrogens is 436 g/mol. The van der Waals surface area contributed by atoms with Gasteiger partial charge in [0.25, 0.3) is 11.5 Å². The maximum atomic E-state index is 13.3. The Kier molecular flexibility index (Phi) is 6.22. The smallest absolute Gasteiger partial charge is 0.329 e. The number of rotatable bonds is 6. The summed E-state index contributed by atoms with van der Waals surface area (Å²) in [6, 6.07) is 8.63. The molecular formula is C24H24N6O4. The molecule has 0 spiro atoms. The van der Waals surface area contributed by atoms with Crippen LogP contribution >= 0.6 is 0 Å². The van der Waals surface area contributed by atoms with Gasteiger partial charge in [0.2, 0.25) is 0 Å². The molecule has 3 heterocycles. The summed E-state index contributed by atoms with van der Waals surface area (Å²) in [6.45, 7) is 7.75. The number of aromatic amines is 1. The van der Waals surface area contributed by atoms with Gasteiger partial charge < -0.3 is 10.1 Å². The van der Waals surface area contributed by atoms with Crippen LogP contribution in [0.15, 0.2) is 52.3 Å². The SMILES string of the molecule is CCn1c(=O)[nH]c(=O)c2c(C(=O)Nc3ccc(Oc4ncccn4)cc3C)cc(C(C)C)nc21. The third-order valence-electron chi connectivity index (χ3n) is 5.32. The van der Waals surface area contributed by atoms with E-state index in [1.54, 1.807) is 49.6 Å². The van der Waals surface area contributed by atoms with Crippen molar-refractivity contribution in [1.82, 2.24) is 24.5 Å². The average Bonchev–Trinajstić information content (AvgIpc) is 2.80. The van der Waals surface area contributed by atoms with Crippen molar-refractivity contribution in [1.29, 1.82) is 0 Å². The number of aryl methyl sites for hydroxylation is 2. The van der Waals surface area contributed by atoms with Crippen LogP contribution in [0.5, 0.6) is 11.8 Å². The number of pyridine rings is 1. The fourth-order valence-corrected chi connectivity index (χ4v) is 3.53. The first kappa shape index (κ1) is 22.8. The lowest BCUT2D eigenvalue weighted by Gasteiger charge is -2.15. The summed E-state index contributed by atoms with van der Waals surface area (Å²) in [5.74, 6) is 0.0137. The van der Waals surface area contributed by atoms with E-state index in [9.17, 15) is 14.4 Å². The second kappa shape index (κ2) is 9.26. The van der Waals surface area contributed by atoms with Crippen molar-refractivity contribution in [2.45, 2.75) is 40.2 Å². The second-order valence-corrected chi connectivity index (χ2v) is 8.02. The number of anilines is 1. The molecule has 0 saturated heterocycles. The fourth-order valence-electron chi connectivity index (χ4n) is 3.53. The van der Waals surface area contributed by atoms with Crippen LogP contribution in [-0.4, -0.2) is 30.4 Å². The van der Waals surface area contributed by atoms with E-state index in [2.05, 4.69) is 25.3 Å². The zero-order valence-electron chi connectivity index (χ0n) is 19.2. The number of aromatic nitrogens is 5. The maximum Gasteiger partial charge on any atom is 0.329 e. The number of carbonyl (C=O) groups excluding carboxylic acids is 1. The van der Waals surface area contributed by atoms with Gasteiger partial charge in [0, 0.05) is 30.3 Å². The number of hydrogen-bond donors (Lipinski definition) is 2. The molecule has 4 rings (SSSR count). The third kappa shape index (κ3) is 4.42. The van der Waals surface area contributed by atoms with Gasteiger partial charge in [0.15, 0.2) is 5.65 Å². The predicted octanol–water partition coefficient (Wildman–Crippen LogP) is 3.37. The minimum absolute atomic E-state index is 0.0194. The quantitative estimate of drug-likeness (QED) is 0.451. The Labute approximate surface area is 194 Å². The van der Waals surface area contributed by atoms with Gasteiger partial charge in [-0.2, -0.15) is 0 Å². The van der Waals surface area contributed by atoms with E-state index in [4.69, 9.17) is 4.74 Å². The molecule has 1 aromatic carbocycles. The molecule has 4 aromatic rings. The van der Waals surface area contributed by atoms with Gasteiger partial charge in [-0.3, -0.25) is 19.1 Å². The van der Waals surface area contributed by atoms with Crippen LogP contribution in [0.2, 0.25) is 0 Å². The first-order chi connectivity index (χ1) is 16.3. The molecule has 0 aliphatic heterocycles. The Morgan fingerprint density at radius 3 is 2.56 bits per heavy atom. The highest BCUT2D eigenvalue weighted by atomic mass is 16.5. The number of ether oxygens (including phenoxy) is 1. The topological polar surface area (TPSA) is 132 Å². The number of fused-ring (bicyclic) bond motifs is 1. The summed E-state index contributed by atoms with van der Waals surface area (Å²) in [5, 5.41) is 2.93. The number of benzene rings is 1. The first-order valence-corrected chi connectivity index (χ1v) is 10.8. The molecule has 0 bridgehead atoms. The summed E-state index contributed by atoms with van der Waals surface area (Å²) in [7, 11) is 0. The molecule has 0 fully saturated rings. The Morgan fingerprint density at radius 2 is 1.91 bits per heavy atom. The van der Waals surface area contributed by atoms with E-state index in [1.807, 2.05) is 20.8 Å².